The third kappa shape index (κ3) is 4.52. The van der Waals surface area contributed by atoms with Gasteiger partial charge in [0.15, 0.2) is 0 Å². The van der Waals surface area contributed by atoms with E-state index in [0.717, 1.165) is 39.8 Å². The van der Waals surface area contributed by atoms with Gasteiger partial charge in [-0.2, -0.15) is 0 Å². The van der Waals surface area contributed by atoms with E-state index in [4.69, 9.17) is 4.74 Å². The second kappa shape index (κ2) is 9.51. The fraction of sp³-hybridized carbons (Fsp3) is 0.233. The number of benzene rings is 4. The summed E-state index contributed by atoms with van der Waals surface area (Å²) in [6, 6.07) is 24.6. The highest BCUT2D eigenvalue weighted by Gasteiger charge is 2.30. The Kier molecular flexibility index (Phi) is 6.27. The summed E-state index contributed by atoms with van der Waals surface area (Å²) in [5.74, 6) is -0.269. The van der Waals surface area contributed by atoms with Gasteiger partial charge >= 0.3 is 5.97 Å². The number of rotatable bonds is 6. The van der Waals surface area contributed by atoms with Gasteiger partial charge in [0.1, 0.15) is 17.7 Å². The molecule has 5 rings (SSSR count). The molecule has 0 saturated carbocycles. The van der Waals surface area contributed by atoms with Crippen LogP contribution in [0.3, 0.4) is 0 Å². The zero-order valence-corrected chi connectivity index (χ0v) is 19.8. The maximum absolute atomic E-state index is 14.3. The Labute approximate surface area is 204 Å². The van der Waals surface area contributed by atoms with Gasteiger partial charge in [0.2, 0.25) is 0 Å². The molecule has 2 N–H and O–H groups in total. The summed E-state index contributed by atoms with van der Waals surface area (Å²) in [7, 11) is 0. The maximum Gasteiger partial charge on any atom is 0.335 e. The summed E-state index contributed by atoms with van der Waals surface area (Å²) in [5.41, 5.74) is 4.17. The van der Waals surface area contributed by atoms with Crippen molar-refractivity contribution in [2.45, 2.75) is 38.3 Å². The van der Waals surface area contributed by atoms with Crippen LogP contribution in [0.1, 0.15) is 57.9 Å². The van der Waals surface area contributed by atoms with Crippen LogP contribution < -0.4 is 10.1 Å². The number of carboxylic acid groups (broad SMARTS) is 1. The zero-order chi connectivity index (χ0) is 24.5. The summed E-state index contributed by atoms with van der Waals surface area (Å²) in [4.78, 5) is 11.7. The zero-order valence-electron chi connectivity index (χ0n) is 19.8. The monoisotopic (exact) mass is 469 g/mol. The minimum atomic E-state index is -0.914. The van der Waals surface area contributed by atoms with Gasteiger partial charge in [0.25, 0.3) is 0 Å². The molecular formula is C30H28FNO3. The fourth-order valence-corrected chi connectivity index (χ4v) is 5.10. The normalized spacial score (nSPS) is 18.0. The second-order valence-corrected chi connectivity index (χ2v) is 9.26. The summed E-state index contributed by atoms with van der Waals surface area (Å²) in [6.45, 7) is 4.50. The van der Waals surface area contributed by atoms with Crippen LogP contribution in [0.4, 0.5) is 4.39 Å². The van der Waals surface area contributed by atoms with Gasteiger partial charge in [-0.1, -0.05) is 60.7 Å². The third-order valence-electron chi connectivity index (χ3n) is 7.00. The van der Waals surface area contributed by atoms with Crippen molar-refractivity contribution in [3.05, 3.63) is 112 Å². The molecule has 5 heteroatoms. The molecular weight excluding hydrogens is 441 g/mol. The molecule has 4 nitrogen and oxygen atoms in total. The van der Waals surface area contributed by atoms with E-state index in [1.165, 1.54) is 6.07 Å². The highest BCUT2D eigenvalue weighted by molar-refractivity contribution is 5.89. The predicted octanol–water partition coefficient (Wildman–Crippen LogP) is 6.62. The Morgan fingerprint density at radius 3 is 2.60 bits per heavy atom. The van der Waals surface area contributed by atoms with Crippen molar-refractivity contribution in [2.75, 3.05) is 6.54 Å². The van der Waals surface area contributed by atoms with Crippen molar-refractivity contribution in [2.24, 2.45) is 0 Å². The lowest BCUT2D eigenvalue weighted by Crippen LogP contribution is -2.37. The number of carbonyl (C=O) groups is 1. The minimum Gasteiger partial charge on any atom is -0.489 e. The van der Waals surface area contributed by atoms with Crippen LogP contribution in [0.15, 0.2) is 78.9 Å². The number of halogens is 1. The smallest absolute Gasteiger partial charge is 0.335 e. The molecule has 0 unspecified atom stereocenters. The quantitative estimate of drug-likeness (QED) is 0.333. The fourth-order valence-electron chi connectivity index (χ4n) is 5.10. The lowest BCUT2D eigenvalue weighted by molar-refractivity contribution is 0.0696. The molecule has 0 fully saturated rings. The molecule has 4 aromatic carbocycles. The number of fused-ring (bicyclic) bond motifs is 2. The highest BCUT2D eigenvalue weighted by atomic mass is 19.1. The van der Waals surface area contributed by atoms with Gasteiger partial charge in [-0.05, 0) is 60.5 Å². The van der Waals surface area contributed by atoms with Crippen LogP contribution in [-0.4, -0.2) is 23.7 Å². The number of aromatic carboxylic acids is 1. The van der Waals surface area contributed by atoms with E-state index in [2.05, 4.69) is 18.3 Å². The van der Waals surface area contributed by atoms with Gasteiger partial charge in [-0.25, -0.2) is 9.18 Å². The second-order valence-electron chi connectivity index (χ2n) is 9.26. The maximum atomic E-state index is 14.3. The van der Waals surface area contributed by atoms with Crippen molar-refractivity contribution in [3.8, 4) is 5.75 Å². The average molecular weight is 470 g/mol. The minimum absolute atomic E-state index is 0.00212. The molecule has 178 valence electrons. The number of aryl methyl sites for hydroxylation is 1. The number of hydrogen-bond acceptors (Lipinski definition) is 3. The van der Waals surface area contributed by atoms with E-state index in [0.29, 0.717) is 17.5 Å². The first-order valence-electron chi connectivity index (χ1n) is 11.9. The molecule has 4 aromatic rings. The summed E-state index contributed by atoms with van der Waals surface area (Å²) < 4.78 is 20.6. The average Bonchev–Trinajstić information content (AvgIpc) is 2.87. The highest BCUT2D eigenvalue weighted by Crippen LogP contribution is 2.41. The van der Waals surface area contributed by atoms with Crippen LogP contribution >= 0.6 is 0 Å². The molecule has 1 aliphatic heterocycles. The molecule has 3 atom stereocenters. The Hall–Kier alpha value is -3.70. The van der Waals surface area contributed by atoms with Gasteiger partial charge in [-0.15, -0.1) is 0 Å². The largest absolute Gasteiger partial charge is 0.489 e. The third-order valence-corrected chi connectivity index (χ3v) is 7.00. The Bertz CT molecular complexity index is 1400. The van der Waals surface area contributed by atoms with Crippen LogP contribution in [0.25, 0.3) is 10.8 Å². The number of carboxylic acids is 1. The molecule has 1 aliphatic rings. The number of para-hydroxylation sites is 1. The molecule has 0 amide bonds. The lowest BCUT2D eigenvalue weighted by Gasteiger charge is -2.33. The van der Waals surface area contributed by atoms with Crippen LogP contribution in [-0.2, 0) is 0 Å². The first kappa shape index (κ1) is 23.1. The van der Waals surface area contributed by atoms with Crippen LogP contribution in [0, 0.1) is 12.7 Å². The predicted molar refractivity (Wildman–Crippen MR) is 136 cm³/mol. The number of ether oxygens (including phenoxy) is 1. The van der Waals surface area contributed by atoms with Crippen molar-refractivity contribution in [1.29, 1.82) is 0 Å². The van der Waals surface area contributed by atoms with E-state index in [1.54, 1.807) is 12.1 Å². The van der Waals surface area contributed by atoms with E-state index in [-0.39, 0.29) is 23.9 Å². The molecule has 0 aliphatic carbocycles. The number of nitrogens with one attached hydrogen (secondary N) is 1. The van der Waals surface area contributed by atoms with Crippen LogP contribution in [0.2, 0.25) is 0 Å². The summed E-state index contributed by atoms with van der Waals surface area (Å²) in [6.07, 6.45) is 0.627. The van der Waals surface area contributed by atoms with E-state index in [1.807, 2.05) is 61.5 Å². The first-order chi connectivity index (χ1) is 16.9. The first-order valence-corrected chi connectivity index (χ1v) is 11.9. The standard InChI is InChI=1S/C30H28FNO3/c1-18-11-12-20(15-26(18)30(33)34)27-16-21(35-29-10-6-5-9-25(27)29)17-32-19(2)22-13-14-28(31)24-8-4-3-7-23(22)24/h3-15,19,21,27,32H,16-17H2,1-2H3,(H,33,34)/t19-,21-,27+/m1/s1. The van der Waals surface area contributed by atoms with Gasteiger partial charge < -0.3 is 15.2 Å². The van der Waals surface area contributed by atoms with Crippen molar-refractivity contribution < 1.29 is 19.0 Å². The topological polar surface area (TPSA) is 58.6 Å². The molecule has 35 heavy (non-hydrogen) atoms. The molecule has 0 radical (unpaired) electrons. The Morgan fingerprint density at radius 1 is 1.06 bits per heavy atom. The molecule has 0 saturated heterocycles. The van der Waals surface area contributed by atoms with Crippen molar-refractivity contribution in [1.82, 2.24) is 5.32 Å². The van der Waals surface area contributed by atoms with E-state index < -0.39 is 5.97 Å². The molecule has 0 bridgehead atoms. The molecule has 0 spiro atoms. The molecule has 0 aromatic heterocycles. The van der Waals surface area contributed by atoms with Gasteiger partial charge in [0.05, 0.1) is 5.56 Å². The van der Waals surface area contributed by atoms with E-state index in [9.17, 15) is 14.3 Å². The SMILES string of the molecule is Cc1ccc([C@@H]2C[C@H](CN[C@H](C)c3ccc(F)c4ccccc34)Oc3ccccc32)cc1C(=O)O. The lowest BCUT2D eigenvalue weighted by atomic mass is 9.83. The molecule has 1 heterocycles. The Morgan fingerprint density at radius 2 is 1.80 bits per heavy atom. The van der Waals surface area contributed by atoms with Crippen molar-refractivity contribution in [3.63, 3.8) is 0 Å². The summed E-state index contributed by atoms with van der Waals surface area (Å²) >= 11 is 0. The number of hydrogen-bond donors (Lipinski definition) is 2. The van der Waals surface area contributed by atoms with E-state index >= 15 is 0 Å². The van der Waals surface area contributed by atoms with Crippen molar-refractivity contribution >= 4 is 16.7 Å². The van der Waals surface area contributed by atoms with Gasteiger partial charge in [-0.3, -0.25) is 0 Å². The van der Waals surface area contributed by atoms with Crippen LogP contribution in [0.5, 0.6) is 5.75 Å². The summed E-state index contributed by atoms with van der Waals surface area (Å²) in [5, 5.41) is 14.7. The van der Waals surface area contributed by atoms with Gasteiger partial charge in [0, 0.05) is 29.5 Å². The Balaban J connectivity index is 1.39.